The third-order valence-corrected chi connectivity index (χ3v) is 3.85. The maximum atomic E-state index is 10.7. The van der Waals surface area contributed by atoms with Gasteiger partial charge in [-0.25, -0.2) is 0 Å². The van der Waals surface area contributed by atoms with Crippen LogP contribution in [-0.2, 0) is 4.79 Å². The van der Waals surface area contributed by atoms with E-state index in [1.54, 1.807) is 12.1 Å². The first-order valence-corrected chi connectivity index (χ1v) is 6.01. The number of primary amides is 1. The van der Waals surface area contributed by atoms with Crippen molar-refractivity contribution in [1.29, 1.82) is 0 Å². The lowest BCUT2D eigenvalue weighted by Gasteiger charge is -2.08. The molecule has 0 fully saturated rings. The third kappa shape index (κ3) is 3.73. The highest BCUT2D eigenvalue weighted by Crippen LogP contribution is 2.29. The van der Waals surface area contributed by atoms with Crippen molar-refractivity contribution < 1.29 is 4.79 Å². The minimum atomic E-state index is -0.626. The molecule has 0 aliphatic carbocycles. The van der Waals surface area contributed by atoms with Crippen LogP contribution < -0.4 is 17.2 Å². The van der Waals surface area contributed by atoms with Gasteiger partial charge < -0.3 is 17.2 Å². The van der Waals surface area contributed by atoms with Gasteiger partial charge in [-0.1, -0.05) is 0 Å². The smallest absolute Gasteiger partial charge is 0.235 e. The number of hydrogen-bond acceptors (Lipinski definition) is 4. The Kier molecular flexibility index (Phi) is 4.44. The van der Waals surface area contributed by atoms with E-state index in [4.69, 9.17) is 17.2 Å². The number of rotatable bonds is 4. The van der Waals surface area contributed by atoms with E-state index >= 15 is 0 Å². The number of benzene rings is 1. The molecule has 6 heteroatoms. The van der Waals surface area contributed by atoms with Gasteiger partial charge in [-0.3, -0.25) is 4.79 Å². The van der Waals surface area contributed by atoms with Crippen LogP contribution in [-0.4, -0.2) is 17.7 Å². The highest BCUT2D eigenvalue weighted by atomic mass is 79.9. The first-order valence-electron chi connectivity index (χ1n) is 4.23. The van der Waals surface area contributed by atoms with Crippen LogP contribution >= 0.6 is 27.7 Å². The average molecular weight is 290 g/mol. The Balaban J connectivity index is 2.62. The van der Waals surface area contributed by atoms with Gasteiger partial charge in [-0.2, -0.15) is 0 Å². The van der Waals surface area contributed by atoms with E-state index in [0.29, 0.717) is 11.4 Å². The molecule has 0 aliphatic rings. The lowest BCUT2D eigenvalue weighted by Crippen LogP contribution is -2.38. The summed E-state index contributed by atoms with van der Waals surface area (Å²) in [5.41, 5.74) is 16.8. The molecule has 1 aromatic carbocycles. The summed E-state index contributed by atoms with van der Waals surface area (Å²) in [6.45, 7) is 0. The van der Waals surface area contributed by atoms with Gasteiger partial charge in [0.1, 0.15) is 0 Å². The molecule has 1 atom stereocenters. The monoisotopic (exact) mass is 289 g/mol. The summed E-state index contributed by atoms with van der Waals surface area (Å²) in [5, 5.41) is 0. The number of nitrogen functional groups attached to an aromatic ring is 1. The largest absolute Gasteiger partial charge is 0.399 e. The Morgan fingerprint density at radius 1 is 1.53 bits per heavy atom. The minimum Gasteiger partial charge on any atom is -0.399 e. The van der Waals surface area contributed by atoms with Crippen molar-refractivity contribution in [3.8, 4) is 0 Å². The summed E-state index contributed by atoms with van der Waals surface area (Å²) in [6.07, 6.45) is 0. The van der Waals surface area contributed by atoms with E-state index in [2.05, 4.69) is 15.9 Å². The highest BCUT2D eigenvalue weighted by Gasteiger charge is 2.10. The Labute approximate surface area is 101 Å². The molecule has 1 unspecified atom stereocenters. The van der Waals surface area contributed by atoms with E-state index in [1.165, 1.54) is 11.8 Å². The normalized spacial score (nSPS) is 12.4. The maximum absolute atomic E-state index is 10.7. The first-order chi connectivity index (χ1) is 7.00. The van der Waals surface area contributed by atoms with Crippen LogP contribution in [0.25, 0.3) is 0 Å². The molecular weight excluding hydrogens is 278 g/mol. The van der Waals surface area contributed by atoms with Crippen LogP contribution in [0.5, 0.6) is 0 Å². The van der Waals surface area contributed by atoms with Gasteiger partial charge in [0.05, 0.1) is 6.04 Å². The third-order valence-electron chi connectivity index (χ3n) is 1.74. The molecule has 0 bridgehead atoms. The fourth-order valence-electron chi connectivity index (χ4n) is 0.896. The van der Waals surface area contributed by atoms with Crippen LogP contribution in [0.3, 0.4) is 0 Å². The van der Waals surface area contributed by atoms with Gasteiger partial charge in [0.25, 0.3) is 0 Å². The summed E-state index contributed by atoms with van der Waals surface area (Å²) in [4.78, 5) is 11.7. The molecule has 0 saturated heterocycles. The molecule has 1 rings (SSSR count). The van der Waals surface area contributed by atoms with Gasteiger partial charge in [0.15, 0.2) is 0 Å². The first kappa shape index (κ1) is 12.4. The van der Waals surface area contributed by atoms with Gasteiger partial charge >= 0.3 is 0 Å². The van der Waals surface area contributed by atoms with Crippen LogP contribution in [0, 0.1) is 0 Å². The van der Waals surface area contributed by atoms with E-state index < -0.39 is 11.9 Å². The van der Waals surface area contributed by atoms with Crippen molar-refractivity contribution in [1.82, 2.24) is 0 Å². The SMILES string of the molecule is NC(=O)C(N)CSc1ccc(N)cc1Br. The molecule has 82 valence electrons. The van der Waals surface area contributed by atoms with Crippen LogP contribution in [0.15, 0.2) is 27.6 Å². The zero-order valence-electron chi connectivity index (χ0n) is 7.94. The maximum Gasteiger partial charge on any atom is 0.235 e. The summed E-state index contributed by atoms with van der Waals surface area (Å²) < 4.78 is 0.893. The molecule has 0 spiro atoms. The Morgan fingerprint density at radius 2 is 2.20 bits per heavy atom. The van der Waals surface area contributed by atoms with Gasteiger partial charge in [0.2, 0.25) is 5.91 Å². The highest BCUT2D eigenvalue weighted by molar-refractivity contribution is 9.10. The van der Waals surface area contributed by atoms with Crippen molar-refractivity contribution in [2.24, 2.45) is 11.5 Å². The summed E-state index contributed by atoms with van der Waals surface area (Å²) in [5.74, 6) is -0.0354. The molecule has 0 aromatic heterocycles. The van der Waals surface area contributed by atoms with E-state index in [0.717, 1.165) is 9.37 Å². The Bertz CT molecular complexity index is 372. The minimum absolute atomic E-state index is 0.456. The average Bonchev–Trinajstić information content (AvgIpc) is 2.15. The predicted molar refractivity (Wildman–Crippen MR) is 66.4 cm³/mol. The number of carbonyl (C=O) groups excluding carboxylic acids is 1. The second-order valence-corrected chi connectivity index (χ2v) is 4.93. The fraction of sp³-hybridized carbons (Fsp3) is 0.222. The van der Waals surface area contributed by atoms with Gasteiger partial charge in [0, 0.05) is 20.8 Å². The van der Waals surface area contributed by atoms with Crippen molar-refractivity contribution >= 4 is 39.3 Å². The van der Waals surface area contributed by atoms with Crippen molar-refractivity contribution in [3.05, 3.63) is 22.7 Å². The molecule has 1 amide bonds. The van der Waals surface area contributed by atoms with E-state index in [9.17, 15) is 4.79 Å². The summed E-state index contributed by atoms with van der Waals surface area (Å²) in [6, 6.07) is 4.85. The lowest BCUT2D eigenvalue weighted by atomic mass is 10.3. The standard InChI is InChI=1S/C9H12BrN3OS/c10-6-3-5(11)1-2-8(6)15-4-7(12)9(13)14/h1-3,7H,4,11-12H2,(H2,13,14). The van der Waals surface area contributed by atoms with Crippen molar-refractivity contribution in [2.45, 2.75) is 10.9 Å². The second-order valence-electron chi connectivity index (χ2n) is 3.01. The van der Waals surface area contributed by atoms with Gasteiger partial charge in [-0.05, 0) is 34.1 Å². The number of nitrogens with two attached hydrogens (primary N) is 3. The Morgan fingerprint density at radius 3 is 2.73 bits per heavy atom. The molecule has 6 N–H and O–H groups in total. The van der Waals surface area contributed by atoms with Crippen LogP contribution in [0.1, 0.15) is 0 Å². The number of hydrogen-bond donors (Lipinski definition) is 3. The predicted octanol–water partition coefficient (Wildman–Crippen LogP) is 0.936. The lowest BCUT2D eigenvalue weighted by molar-refractivity contribution is -0.118. The number of anilines is 1. The molecular formula is C9H12BrN3OS. The topological polar surface area (TPSA) is 95.1 Å². The zero-order chi connectivity index (χ0) is 11.4. The van der Waals surface area contributed by atoms with Gasteiger partial charge in [-0.15, -0.1) is 11.8 Å². The molecule has 0 saturated carbocycles. The molecule has 4 nitrogen and oxygen atoms in total. The number of halogens is 1. The van der Waals surface area contributed by atoms with Crippen molar-refractivity contribution in [2.75, 3.05) is 11.5 Å². The summed E-state index contributed by atoms with van der Waals surface area (Å²) >= 11 is 4.84. The van der Waals surface area contributed by atoms with E-state index in [1.807, 2.05) is 6.07 Å². The molecule has 0 heterocycles. The Hall–Kier alpha value is -0.720. The van der Waals surface area contributed by atoms with E-state index in [-0.39, 0.29) is 0 Å². The zero-order valence-corrected chi connectivity index (χ0v) is 10.3. The second kappa shape index (κ2) is 5.39. The molecule has 0 radical (unpaired) electrons. The van der Waals surface area contributed by atoms with Crippen LogP contribution in [0.2, 0.25) is 0 Å². The molecule has 1 aromatic rings. The molecule has 15 heavy (non-hydrogen) atoms. The van der Waals surface area contributed by atoms with Crippen molar-refractivity contribution in [3.63, 3.8) is 0 Å². The number of amides is 1. The summed E-state index contributed by atoms with van der Waals surface area (Å²) in [7, 11) is 0. The number of carbonyl (C=O) groups is 1. The van der Waals surface area contributed by atoms with Crippen LogP contribution in [0.4, 0.5) is 5.69 Å². The molecule has 0 aliphatic heterocycles. The quantitative estimate of drug-likeness (QED) is 0.568. The fourth-order valence-corrected chi connectivity index (χ4v) is 2.52. The number of thioether (sulfide) groups is 1.